The largest absolute Gasteiger partial charge is 0.464 e. The number of cyclic esters (lactones) is 1. The van der Waals surface area contributed by atoms with E-state index in [-0.39, 0.29) is 12.0 Å². The lowest BCUT2D eigenvalue weighted by Crippen LogP contribution is -2.51. The lowest BCUT2D eigenvalue weighted by atomic mass is 10.0. The van der Waals surface area contributed by atoms with Crippen LogP contribution < -0.4 is 4.90 Å². The van der Waals surface area contributed by atoms with Crippen molar-refractivity contribution < 1.29 is 9.53 Å². The van der Waals surface area contributed by atoms with Gasteiger partial charge in [0.2, 0.25) is 0 Å². The molecule has 1 aromatic heterocycles. The summed E-state index contributed by atoms with van der Waals surface area (Å²) in [7, 11) is 2.03. The van der Waals surface area contributed by atoms with Crippen LogP contribution in [0, 0.1) is 0 Å². The van der Waals surface area contributed by atoms with Crippen LogP contribution in [0.25, 0.3) is 0 Å². The van der Waals surface area contributed by atoms with Crippen molar-refractivity contribution in [2.45, 2.75) is 31.3 Å². The first-order chi connectivity index (χ1) is 9.75. The zero-order valence-electron chi connectivity index (χ0n) is 11.7. The smallest absolute Gasteiger partial charge is 0.323 e. The maximum atomic E-state index is 11.7. The molecule has 2 unspecified atom stereocenters. The third-order valence-electron chi connectivity index (χ3n) is 4.25. The monoisotopic (exact) mass is 276 g/mol. The molecule has 0 radical (unpaired) electrons. The first kappa shape index (κ1) is 13.3. The fraction of sp³-hybridized carbons (Fsp3) is 0.643. The van der Waals surface area contributed by atoms with Gasteiger partial charge in [0, 0.05) is 31.7 Å². The van der Waals surface area contributed by atoms with E-state index >= 15 is 0 Å². The average molecular weight is 276 g/mol. The summed E-state index contributed by atoms with van der Waals surface area (Å²) < 4.78 is 5.07. The van der Waals surface area contributed by atoms with Crippen LogP contribution >= 0.6 is 0 Å². The molecule has 2 aliphatic rings. The normalized spacial score (nSPS) is 26.9. The van der Waals surface area contributed by atoms with Crippen molar-refractivity contribution in [3.8, 4) is 0 Å². The molecule has 20 heavy (non-hydrogen) atoms. The number of piperidine rings is 1. The standard InChI is InChI=1S/C14H20N4O2/c1-17(12-6-9-20-14(12)19)11-4-3-8-18(10-11)13-5-2-7-15-16-13/h2,5,7,11-12H,3-4,6,8-10H2,1H3. The quantitative estimate of drug-likeness (QED) is 0.757. The summed E-state index contributed by atoms with van der Waals surface area (Å²) in [5, 5.41) is 8.11. The molecule has 0 spiro atoms. The lowest BCUT2D eigenvalue weighted by Gasteiger charge is -2.39. The lowest BCUT2D eigenvalue weighted by molar-refractivity contribution is -0.142. The van der Waals surface area contributed by atoms with Gasteiger partial charge in [-0.05, 0) is 32.0 Å². The number of hydrogen-bond donors (Lipinski definition) is 0. The number of hydrogen-bond acceptors (Lipinski definition) is 6. The second-order valence-corrected chi connectivity index (χ2v) is 5.46. The van der Waals surface area contributed by atoms with Crippen molar-refractivity contribution in [1.29, 1.82) is 0 Å². The van der Waals surface area contributed by atoms with E-state index in [9.17, 15) is 4.79 Å². The topological polar surface area (TPSA) is 58.6 Å². The minimum Gasteiger partial charge on any atom is -0.464 e. The van der Waals surface area contributed by atoms with Crippen molar-refractivity contribution >= 4 is 11.8 Å². The second-order valence-electron chi connectivity index (χ2n) is 5.46. The van der Waals surface area contributed by atoms with Crippen LogP contribution in [0.15, 0.2) is 18.3 Å². The van der Waals surface area contributed by atoms with Crippen LogP contribution in [-0.2, 0) is 9.53 Å². The minimum absolute atomic E-state index is 0.0795. The molecule has 0 saturated carbocycles. The molecule has 2 aliphatic heterocycles. The summed E-state index contributed by atoms with van der Waals surface area (Å²) in [6, 6.07) is 4.17. The van der Waals surface area contributed by atoms with E-state index in [1.165, 1.54) is 0 Å². The summed E-state index contributed by atoms with van der Waals surface area (Å²) in [6.45, 7) is 2.44. The highest BCUT2D eigenvalue weighted by atomic mass is 16.5. The van der Waals surface area contributed by atoms with Gasteiger partial charge >= 0.3 is 5.97 Å². The van der Waals surface area contributed by atoms with E-state index in [1.54, 1.807) is 6.20 Å². The highest BCUT2D eigenvalue weighted by Crippen LogP contribution is 2.23. The second kappa shape index (κ2) is 5.75. The number of aromatic nitrogens is 2. The molecular formula is C14H20N4O2. The number of nitrogens with zero attached hydrogens (tertiary/aromatic N) is 4. The van der Waals surface area contributed by atoms with E-state index < -0.39 is 0 Å². The Kier molecular flexibility index (Phi) is 3.82. The van der Waals surface area contributed by atoms with Gasteiger partial charge in [-0.15, -0.1) is 5.10 Å². The number of esters is 1. The van der Waals surface area contributed by atoms with E-state index in [4.69, 9.17) is 4.74 Å². The van der Waals surface area contributed by atoms with Gasteiger partial charge in [0.05, 0.1) is 6.61 Å². The fourth-order valence-electron chi connectivity index (χ4n) is 3.07. The van der Waals surface area contributed by atoms with Gasteiger partial charge in [-0.2, -0.15) is 5.10 Å². The molecule has 3 heterocycles. The van der Waals surface area contributed by atoms with Crippen molar-refractivity contribution in [2.24, 2.45) is 0 Å². The number of rotatable bonds is 3. The molecule has 2 fully saturated rings. The first-order valence-electron chi connectivity index (χ1n) is 7.17. The maximum Gasteiger partial charge on any atom is 0.323 e. The zero-order chi connectivity index (χ0) is 13.9. The summed E-state index contributed by atoms with van der Waals surface area (Å²) in [4.78, 5) is 16.1. The Morgan fingerprint density at radius 2 is 2.35 bits per heavy atom. The van der Waals surface area contributed by atoms with Gasteiger partial charge in [0.15, 0.2) is 5.82 Å². The molecular weight excluding hydrogens is 256 g/mol. The van der Waals surface area contributed by atoms with Gasteiger partial charge in [0.1, 0.15) is 6.04 Å². The highest BCUT2D eigenvalue weighted by molar-refractivity contribution is 5.77. The van der Waals surface area contributed by atoms with Crippen LogP contribution in [0.4, 0.5) is 5.82 Å². The molecule has 6 heteroatoms. The molecule has 2 atom stereocenters. The Morgan fingerprint density at radius 3 is 3.05 bits per heavy atom. The van der Waals surface area contributed by atoms with Crippen LogP contribution in [0.1, 0.15) is 19.3 Å². The Labute approximate surface area is 118 Å². The van der Waals surface area contributed by atoms with Crippen LogP contribution in [-0.4, -0.2) is 59.9 Å². The third-order valence-corrected chi connectivity index (χ3v) is 4.25. The van der Waals surface area contributed by atoms with Crippen LogP contribution in [0.5, 0.6) is 0 Å². The van der Waals surface area contributed by atoms with Gasteiger partial charge in [0.25, 0.3) is 0 Å². The van der Waals surface area contributed by atoms with E-state index in [0.29, 0.717) is 12.6 Å². The Bertz CT molecular complexity index is 468. The number of ether oxygens (including phenoxy) is 1. The van der Waals surface area contributed by atoms with Gasteiger partial charge in [-0.25, -0.2) is 0 Å². The molecule has 3 rings (SSSR count). The van der Waals surface area contributed by atoms with Crippen molar-refractivity contribution in [1.82, 2.24) is 15.1 Å². The molecule has 108 valence electrons. The van der Waals surface area contributed by atoms with Gasteiger partial charge in [-0.3, -0.25) is 9.69 Å². The van der Waals surface area contributed by atoms with E-state index in [0.717, 1.165) is 38.2 Å². The van der Waals surface area contributed by atoms with Crippen LogP contribution in [0.3, 0.4) is 0 Å². The molecule has 0 aliphatic carbocycles. The van der Waals surface area contributed by atoms with E-state index in [2.05, 4.69) is 20.0 Å². The molecule has 1 aromatic rings. The molecule has 0 bridgehead atoms. The average Bonchev–Trinajstić information content (AvgIpc) is 2.94. The Hall–Kier alpha value is -1.69. The molecule has 2 saturated heterocycles. The van der Waals surface area contributed by atoms with Crippen molar-refractivity contribution in [3.63, 3.8) is 0 Å². The summed E-state index contributed by atoms with van der Waals surface area (Å²) in [6.07, 6.45) is 4.70. The van der Waals surface area contributed by atoms with Gasteiger partial charge < -0.3 is 9.64 Å². The summed E-state index contributed by atoms with van der Waals surface area (Å²) >= 11 is 0. The Morgan fingerprint density at radius 1 is 1.45 bits per heavy atom. The number of carbonyl (C=O) groups is 1. The van der Waals surface area contributed by atoms with Crippen molar-refractivity contribution in [3.05, 3.63) is 18.3 Å². The maximum absolute atomic E-state index is 11.7. The van der Waals surface area contributed by atoms with E-state index in [1.807, 2.05) is 19.2 Å². The highest BCUT2D eigenvalue weighted by Gasteiger charge is 2.35. The minimum atomic E-state index is -0.0817. The molecule has 6 nitrogen and oxygen atoms in total. The predicted octanol–water partition coefficient (Wildman–Crippen LogP) is 0.693. The molecule has 0 aromatic carbocycles. The Balaban J connectivity index is 1.67. The molecule has 0 amide bonds. The first-order valence-corrected chi connectivity index (χ1v) is 7.17. The third kappa shape index (κ3) is 2.60. The van der Waals surface area contributed by atoms with Crippen LogP contribution in [0.2, 0.25) is 0 Å². The predicted molar refractivity (Wildman–Crippen MR) is 74.4 cm³/mol. The molecule has 0 N–H and O–H groups in total. The number of anilines is 1. The number of likely N-dealkylation sites (N-methyl/N-ethyl adjacent to an activating group) is 1. The SMILES string of the molecule is CN(C1CCCN(c2cccnn2)C1)C1CCOC1=O. The fourth-order valence-corrected chi connectivity index (χ4v) is 3.07. The van der Waals surface area contributed by atoms with Gasteiger partial charge in [-0.1, -0.05) is 0 Å². The zero-order valence-corrected chi connectivity index (χ0v) is 11.7. The number of carbonyl (C=O) groups excluding carboxylic acids is 1. The van der Waals surface area contributed by atoms with Crippen molar-refractivity contribution in [2.75, 3.05) is 31.6 Å². The summed E-state index contributed by atoms with van der Waals surface area (Å²) in [5.41, 5.74) is 0. The summed E-state index contributed by atoms with van der Waals surface area (Å²) in [5.74, 6) is 0.837.